The van der Waals surface area contributed by atoms with Crippen molar-refractivity contribution in [3.63, 3.8) is 0 Å². The third kappa shape index (κ3) is 5.51. The van der Waals surface area contributed by atoms with E-state index in [1.165, 1.54) is 5.56 Å². The lowest BCUT2D eigenvalue weighted by Gasteiger charge is -2.35. The van der Waals surface area contributed by atoms with E-state index in [1.807, 2.05) is 18.5 Å². The lowest BCUT2D eigenvalue weighted by molar-refractivity contribution is -0.133. The number of likely N-dealkylation sites (N-methyl/N-ethyl adjacent to an activating group) is 1. The van der Waals surface area contributed by atoms with Gasteiger partial charge in [-0.1, -0.05) is 13.0 Å². The summed E-state index contributed by atoms with van der Waals surface area (Å²) in [5, 5.41) is 0. The zero-order valence-corrected chi connectivity index (χ0v) is 15.6. The molecule has 0 radical (unpaired) electrons. The Hall–Kier alpha value is -1.46. The van der Waals surface area contributed by atoms with Crippen LogP contribution in [0.4, 0.5) is 0 Å². The maximum absolute atomic E-state index is 12.5. The van der Waals surface area contributed by atoms with E-state index in [1.54, 1.807) is 0 Å². The molecule has 0 N–H and O–H groups in total. The Kier molecular flexibility index (Phi) is 6.82. The van der Waals surface area contributed by atoms with Crippen molar-refractivity contribution in [2.75, 3.05) is 52.4 Å². The Morgan fingerprint density at radius 2 is 1.84 bits per heavy atom. The van der Waals surface area contributed by atoms with Gasteiger partial charge in [0.1, 0.15) is 0 Å². The van der Waals surface area contributed by atoms with E-state index in [9.17, 15) is 4.79 Å². The molecule has 3 rings (SSSR count). The number of pyridine rings is 1. The van der Waals surface area contributed by atoms with Crippen LogP contribution in [0, 0.1) is 5.92 Å². The highest BCUT2D eigenvalue weighted by Gasteiger charge is 2.24. The summed E-state index contributed by atoms with van der Waals surface area (Å²) in [5.41, 5.74) is 1.32. The molecule has 1 aromatic heterocycles. The van der Waals surface area contributed by atoms with Crippen LogP contribution in [0.3, 0.4) is 0 Å². The monoisotopic (exact) mass is 344 g/mol. The van der Waals surface area contributed by atoms with Crippen LogP contribution >= 0.6 is 0 Å². The van der Waals surface area contributed by atoms with Crippen LogP contribution in [0.1, 0.15) is 31.7 Å². The molecule has 25 heavy (non-hydrogen) atoms. The molecule has 2 saturated heterocycles. The first-order valence-corrected chi connectivity index (χ1v) is 9.86. The highest BCUT2D eigenvalue weighted by atomic mass is 16.2. The second-order valence-corrected chi connectivity index (χ2v) is 7.42. The lowest BCUT2D eigenvalue weighted by Crippen LogP contribution is -2.47. The highest BCUT2D eigenvalue weighted by molar-refractivity contribution is 5.76. The van der Waals surface area contributed by atoms with Gasteiger partial charge in [-0.3, -0.25) is 9.78 Å². The fourth-order valence-electron chi connectivity index (χ4n) is 3.98. The molecule has 0 bridgehead atoms. The van der Waals surface area contributed by atoms with Gasteiger partial charge < -0.3 is 14.7 Å². The van der Waals surface area contributed by atoms with E-state index in [-0.39, 0.29) is 0 Å². The Morgan fingerprint density at radius 1 is 1.12 bits per heavy atom. The number of aromatic nitrogens is 1. The van der Waals surface area contributed by atoms with Gasteiger partial charge in [0.05, 0.1) is 0 Å². The van der Waals surface area contributed by atoms with Crippen molar-refractivity contribution >= 4 is 5.91 Å². The fourth-order valence-corrected chi connectivity index (χ4v) is 3.98. The van der Waals surface area contributed by atoms with E-state index in [0.717, 1.165) is 71.6 Å². The van der Waals surface area contributed by atoms with Crippen molar-refractivity contribution in [2.24, 2.45) is 5.92 Å². The number of amides is 1. The minimum Gasteiger partial charge on any atom is -0.343 e. The second kappa shape index (κ2) is 9.30. The largest absolute Gasteiger partial charge is 0.343 e. The zero-order chi connectivity index (χ0) is 17.5. The van der Waals surface area contributed by atoms with Gasteiger partial charge >= 0.3 is 0 Å². The molecule has 0 spiro atoms. The van der Waals surface area contributed by atoms with Gasteiger partial charge in [-0.25, -0.2) is 0 Å². The minimum absolute atomic E-state index is 0.345. The fraction of sp³-hybridized carbons (Fsp3) is 0.700. The van der Waals surface area contributed by atoms with Crippen molar-refractivity contribution in [3.05, 3.63) is 30.1 Å². The van der Waals surface area contributed by atoms with Gasteiger partial charge in [0.15, 0.2) is 0 Å². The van der Waals surface area contributed by atoms with Gasteiger partial charge in [0, 0.05) is 64.6 Å². The molecule has 2 fully saturated rings. The van der Waals surface area contributed by atoms with Crippen molar-refractivity contribution in [1.82, 2.24) is 19.7 Å². The van der Waals surface area contributed by atoms with Crippen LogP contribution in [0.15, 0.2) is 24.5 Å². The van der Waals surface area contributed by atoms with Gasteiger partial charge in [-0.15, -0.1) is 0 Å². The van der Waals surface area contributed by atoms with Gasteiger partial charge in [0.25, 0.3) is 0 Å². The number of hydrogen-bond acceptors (Lipinski definition) is 4. The standard InChI is InChI=1S/C20H32N4O/c1-2-22-12-14-23(15-13-22)9-7-20(25)24-10-5-18(6-11-24)16-19-4-3-8-21-17-19/h3-4,8,17-18H,2,5-7,9-16H2,1H3. The molecular weight excluding hydrogens is 312 g/mol. The van der Waals surface area contributed by atoms with Gasteiger partial charge in [-0.05, 0) is 43.4 Å². The number of nitrogens with zero attached hydrogens (tertiary/aromatic N) is 4. The molecule has 1 aromatic rings. The molecule has 0 aromatic carbocycles. The summed E-state index contributed by atoms with van der Waals surface area (Å²) in [5.74, 6) is 1.04. The first-order valence-electron chi connectivity index (χ1n) is 9.86. The van der Waals surface area contributed by atoms with Gasteiger partial charge in [0.2, 0.25) is 5.91 Å². The number of rotatable bonds is 6. The molecule has 0 saturated carbocycles. The first kappa shape index (κ1) is 18.3. The topological polar surface area (TPSA) is 39.7 Å². The van der Waals surface area contributed by atoms with Crippen molar-refractivity contribution in [2.45, 2.75) is 32.6 Å². The van der Waals surface area contributed by atoms with E-state index < -0.39 is 0 Å². The summed E-state index contributed by atoms with van der Waals surface area (Å²) in [7, 11) is 0. The van der Waals surface area contributed by atoms with Crippen LogP contribution in [0.5, 0.6) is 0 Å². The van der Waals surface area contributed by atoms with E-state index in [2.05, 4.69) is 32.7 Å². The predicted molar refractivity (Wildman–Crippen MR) is 100 cm³/mol. The molecule has 138 valence electrons. The molecule has 0 aliphatic carbocycles. The van der Waals surface area contributed by atoms with Crippen LogP contribution in [0.2, 0.25) is 0 Å². The summed E-state index contributed by atoms with van der Waals surface area (Å²) in [4.78, 5) is 23.7. The summed E-state index contributed by atoms with van der Waals surface area (Å²) in [6.45, 7) is 10.6. The number of carbonyl (C=O) groups excluding carboxylic acids is 1. The first-order chi connectivity index (χ1) is 12.2. The Morgan fingerprint density at radius 3 is 2.48 bits per heavy atom. The third-order valence-corrected chi connectivity index (χ3v) is 5.77. The van der Waals surface area contributed by atoms with E-state index in [4.69, 9.17) is 0 Å². The maximum Gasteiger partial charge on any atom is 0.223 e. The molecule has 1 amide bonds. The molecule has 2 aliphatic heterocycles. The third-order valence-electron chi connectivity index (χ3n) is 5.77. The number of piperidine rings is 1. The Labute approximate surface area is 152 Å². The smallest absolute Gasteiger partial charge is 0.223 e. The van der Waals surface area contributed by atoms with Crippen molar-refractivity contribution in [1.29, 1.82) is 0 Å². The van der Waals surface area contributed by atoms with E-state index >= 15 is 0 Å². The summed E-state index contributed by atoms with van der Waals surface area (Å²) >= 11 is 0. The Balaban J connectivity index is 1.34. The van der Waals surface area contributed by atoms with E-state index in [0.29, 0.717) is 18.2 Å². The molecule has 2 aliphatic rings. The number of piperazine rings is 1. The van der Waals surface area contributed by atoms with Crippen LogP contribution in [-0.4, -0.2) is 77.9 Å². The predicted octanol–water partition coefficient (Wildman–Crippen LogP) is 1.89. The maximum atomic E-state index is 12.5. The number of hydrogen-bond donors (Lipinski definition) is 0. The van der Waals surface area contributed by atoms with Crippen LogP contribution in [-0.2, 0) is 11.2 Å². The SMILES string of the molecule is CCN1CCN(CCC(=O)N2CCC(Cc3cccnc3)CC2)CC1. The molecule has 5 heteroatoms. The summed E-state index contributed by atoms with van der Waals surface area (Å²) < 4.78 is 0. The molecule has 5 nitrogen and oxygen atoms in total. The van der Waals surface area contributed by atoms with Crippen LogP contribution < -0.4 is 0 Å². The quantitative estimate of drug-likeness (QED) is 0.790. The molecular formula is C20H32N4O. The van der Waals surface area contributed by atoms with Crippen molar-refractivity contribution < 1.29 is 4.79 Å². The Bertz CT molecular complexity index is 520. The molecule has 0 atom stereocenters. The zero-order valence-electron chi connectivity index (χ0n) is 15.6. The lowest BCUT2D eigenvalue weighted by atomic mass is 9.90. The minimum atomic E-state index is 0.345. The van der Waals surface area contributed by atoms with Gasteiger partial charge in [-0.2, -0.15) is 0 Å². The highest BCUT2D eigenvalue weighted by Crippen LogP contribution is 2.21. The average molecular weight is 345 g/mol. The van der Waals surface area contributed by atoms with Crippen LogP contribution in [0.25, 0.3) is 0 Å². The number of likely N-dealkylation sites (tertiary alicyclic amines) is 1. The molecule has 0 unspecified atom stereocenters. The number of carbonyl (C=O) groups is 1. The van der Waals surface area contributed by atoms with Crippen molar-refractivity contribution in [3.8, 4) is 0 Å². The summed E-state index contributed by atoms with van der Waals surface area (Å²) in [6.07, 6.45) is 7.81. The molecule has 3 heterocycles. The second-order valence-electron chi connectivity index (χ2n) is 7.42. The average Bonchev–Trinajstić information content (AvgIpc) is 2.68. The summed E-state index contributed by atoms with van der Waals surface area (Å²) in [6, 6.07) is 4.16. The normalized spacial score (nSPS) is 20.8.